The molecule has 0 radical (unpaired) electrons. The topological polar surface area (TPSA) is 104 Å². The summed E-state index contributed by atoms with van der Waals surface area (Å²) in [6.45, 7) is 3.18. The average molecular weight is 421 g/mol. The Morgan fingerprint density at radius 3 is 2.67 bits per heavy atom. The predicted octanol–water partition coefficient (Wildman–Crippen LogP) is 1.31. The van der Waals surface area contributed by atoms with Crippen LogP contribution in [0.15, 0.2) is 30.3 Å². The zero-order valence-corrected chi connectivity index (χ0v) is 17.6. The van der Waals surface area contributed by atoms with Gasteiger partial charge in [0.15, 0.2) is 6.23 Å². The molecular formula is C21H31N3O6. The molecule has 0 spiro atoms. The highest BCUT2D eigenvalue weighted by molar-refractivity contribution is 5.96. The van der Waals surface area contributed by atoms with Crippen LogP contribution in [-0.2, 0) is 30.3 Å². The van der Waals surface area contributed by atoms with Crippen molar-refractivity contribution in [1.29, 1.82) is 0 Å². The van der Waals surface area contributed by atoms with E-state index in [1.165, 1.54) is 4.90 Å². The summed E-state index contributed by atoms with van der Waals surface area (Å²) in [5, 5.41) is 0. The molecule has 3 amide bonds. The van der Waals surface area contributed by atoms with Crippen molar-refractivity contribution in [2.24, 2.45) is 5.73 Å². The van der Waals surface area contributed by atoms with E-state index >= 15 is 0 Å². The van der Waals surface area contributed by atoms with Crippen molar-refractivity contribution in [3.63, 3.8) is 0 Å². The summed E-state index contributed by atoms with van der Waals surface area (Å²) in [4.78, 5) is 28.1. The molecule has 9 heteroatoms. The number of urea groups is 1. The molecule has 1 aromatic rings. The summed E-state index contributed by atoms with van der Waals surface area (Å²) in [5.74, 6) is -0.268. The molecule has 0 bridgehead atoms. The lowest BCUT2D eigenvalue weighted by molar-refractivity contribution is -0.144. The van der Waals surface area contributed by atoms with Gasteiger partial charge < -0.3 is 24.7 Å². The highest BCUT2D eigenvalue weighted by Crippen LogP contribution is 2.29. The number of carbonyl (C=O) groups is 2. The second kappa shape index (κ2) is 10.8. The van der Waals surface area contributed by atoms with Crippen LogP contribution in [0.2, 0.25) is 0 Å². The fourth-order valence-electron chi connectivity index (χ4n) is 3.73. The van der Waals surface area contributed by atoms with Gasteiger partial charge in [0.05, 0.1) is 32.0 Å². The molecule has 3 rings (SSSR count). The van der Waals surface area contributed by atoms with Gasteiger partial charge in [-0.15, -0.1) is 0 Å². The molecule has 2 aliphatic rings. The van der Waals surface area contributed by atoms with Crippen molar-refractivity contribution in [2.45, 2.75) is 50.8 Å². The Morgan fingerprint density at radius 2 is 1.97 bits per heavy atom. The third kappa shape index (κ3) is 5.16. The number of nitrogens with two attached hydrogens (primary N) is 1. The Hall–Kier alpha value is -2.04. The third-order valence-corrected chi connectivity index (χ3v) is 5.39. The van der Waals surface area contributed by atoms with Gasteiger partial charge in [0, 0.05) is 20.1 Å². The van der Waals surface area contributed by atoms with Crippen LogP contribution in [0.25, 0.3) is 0 Å². The molecule has 166 valence electrons. The number of ether oxygens (including phenoxy) is 4. The highest BCUT2D eigenvalue weighted by Gasteiger charge is 2.49. The number of hydrogen-bond acceptors (Lipinski definition) is 7. The van der Waals surface area contributed by atoms with Crippen LogP contribution in [0.4, 0.5) is 4.79 Å². The maximum absolute atomic E-state index is 13.1. The Balaban J connectivity index is 1.65. The fraction of sp³-hybridized carbons (Fsp3) is 0.619. The lowest BCUT2D eigenvalue weighted by Crippen LogP contribution is -2.59. The number of methoxy groups -OCH3 is 1. The summed E-state index contributed by atoms with van der Waals surface area (Å²) in [7, 11) is 1.59. The number of benzene rings is 1. The minimum atomic E-state index is -0.654. The summed E-state index contributed by atoms with van der Waals surface area (Å²) >= 11 is 0. The van der Waals surface area contributed by atoms with Crippen molar-refractivity contribution in [3.8, 4) is 0 Å². The van der Waals surface area contributed by atoms with Crippen molar-refractivity contribution in [2.75, 3.05) is 33.6 Å². The monoisotopic (exact) mass is 421 g/mol. The molecule has 2 heterocycles. The number of imide groups is 1. The number of carbonyl (C=O) groups excluding carboxylic acids is 2. The molecule has 0 aromatic heterocycles. The summed E-state index contributed by atoms with van der Waals surface area (Å²) < 4.78 is 22.6. The van der Waals surface area contributed by atoms with Gasteiger partial charge in [0.2, 0.25) is 5.91 Å². The van der Waals surface area contributed by atoms with Gasteiger partial charge in [-0.1, -0.05) is 37.3 Å². The minimum absolute atomic E-state index is 0.117. The van der Waals surface area contributed by atoms with Crippen LogP contribution in [0.5, 0.6) is 0 Å². The van der Waals surface area contributed by atoms with E-state index in [9.17, 15) is 9.59 Å². The third-order valence-electron chi connectivity index (χ3n) is 5.39. The van der Waals surface area contributed by atoms with Crippen molar-refractivity contribution < 1.29 is 28.5 Å². The zero-order valence-electron chi connectivity index (χ0n) is 17.6. The highest BCUT2D eigenvalue weighted by atomic mass is 16.6. The van der Waals surface area contributed by atoms with E-state index in [1.54, 1.807) is 7.11 Å². The molecular weight excluding hydrogens is 390 g/mol. The van der Waals surface area contributed by atoms with Gasteiger partial charge >= 0.3 is 6.03 Å². The average Bonchev–Trinajstić information content (AvgIpc) is 3.07. The smallest absolute Gasteiger partial charge is 0.330 e. The van der Waals surface area contributed by atoms with E-state index in [2.05, 4.69) is 0 Å². The molecule has 4 atom stereocenters. The predicted molar refractivity (Wildman–Crippen MR) is 108 cm³/mol. The molecule has 2 N–H and O–H groups in total. The Labute approximate surface area is 177 Å². The van der Waals surface area contributed by atoms with E-state index in [-0.39, 0.29) is 37.7 Å². The molecule has 0 aliphatic carbocycles. The van der Waals surface area contributed by atoms with E-state index in [1.807, 2.05) is 37.3 Å². The largest absolute Gasteiger partial charge is 0.382 e. The molecule has 30 heavy (non-hydrogen) atoms. The van der Waals surface area contributed by atoms with Crippen molar-refractivity contribution in [3.05, 3.63) is 35.9 Å². The number of nitrogens with zero attached hydrogens (tertiary/aromatic N) is 2. The lowest BCUT2D eigenvalue weighted by Gasteiger charge is -2.38. The minimum Gasteiger partial charge on any atom is -0.382 e. The van der Waals surface area contributed by atoms with Crippen LogP contribution in [0, 0.1) is 0 Å². The first kappa shape index (κ1) is 22.6. The summed E-state index contributed by atoms with van der Waals surface area (Å²) in [6, 6.07) is 8.76. The van der Waals surface area contributed by atoms with E-state index in [4.69, 9.17) is 24.7 Å². The standard InChI is InChI=1S/C21H31N3O6/c1-3-16-18(22)19(29-12-11-27-2)20(30-16)23-10-9-17(25)24(21(23)26)14-28-13-15-7-5-4-6-8-15/h4-8,16,18-20H,3,9-14,22H2,1-2H3/t16-,18-,19-,20-/m1/s1. The van der Waals surface area contributed by atoms with Gasteiger partial charge in [-0.3, -0.25) is 9.69 Å². The van der Waals surface area contributed by atoms with Crippen LogP contribution in [0.3, 0.4) is 0 Å². The normalized spacial score (nSPS) is 27.2. The maximum Gasteiger partial charge on any atom is 0.330 e. The summed E-state index contributed by atoms with van der Waals surface area (Å²) in [5.41, 5.74) is 7.30. The van der Waals surface area contributed by atoms with E-state index in [0.717, 1.165) is 10.5 Å². The molecule has 1 aromatic carbocycles. The molecule has 2 fully saturated rings. The van der Waals surface area contributed by atoms with Crippen LogP contribution in [0.1, 0.15) is 25.3 Å². The Morgan fingerprint density at radius 1 is 1.20 bits per heavy atom. The van der Waals surface area contributed by atoms with Gasteiger partial charge in [-0.25, -0.2) is 9.69 Å². The first-order valence-corrected chi connectivity index (χ1v) is 10.3. The van der Waals surface area contributed by atoms with Gasteiger partial charge in [-0.2, -0.15) is 0 Å². The van der Waals surface area contributed by atoms with E-state index < -0.39 is 18.4 Å². The molecule has 0 saturated carbocycles. The second-order valence-electron chi connectivity index (χ2n) is 7.39. The van der Waals surface area contributed by atoms with Gasteiger partial charge in [-0.05, 0) is 12.0 Å². The molecule has 2 aliphatic heterocycles. The van der Waals surface area contributed by atoms with Crippen molar-refractivity contribution in [1.82, 2.24) is 9.80 Å². The first-order chi connectivity index (χ1) is 14.6. The second-order valence-corrected chi connectivity index (χ2v) is 7.39. The van der Waals surface area contributed by atoms with E-state index in [0.29, 0.717) is 26.2 Å². The number of amides is 3. The molecule has 0 unspecified atom stereocenters. The van der Waals surface area contributed by atoms with Gasteiger partial charge in [0.1, 0.15) is 12.8 Å². The van der Waals surface area contributed by atoms with Crippen LogP contribution in [-0.4, -0.2) is 79.8 Å². The molecule has 2 saturated heterocycles. The van der Waals surface area contributed by atoms with Crippen LogP contribution >= 0.6 is 0 Å². The SMILES string of the molecule is CC[C@H]1O[C@@H](N2CCC(=O)N(COCc3ccccc3)C2=O)[C@H](OCCOC)[C@@H]1N. The van der Waals surface area contributed by atoms with Crippen LogP contribution < -0.4 is 5.73 Å². The lowest BCUT2D eigenvalue weighted by atomic mass is 10.1. The number of hydrogen-bond donors (Lipinski definition) is 1. The first-order valence-electron chi connectivity index (χ1n) is 10.3. The zero-order chi connectivity index (χ0) is 21.5. The Kier molecular flexibility index (Phi) is 8.17. The number of rotatable bonds is 10. The van der Waals surface area contributed by atoms with Gasteiger partial charge in [0.25, 0.3) is 0 Å². The quantitative estimate of drug-likeness (QED) is 0.568. The van der Waals surface area contributed by atoms with Crippen molar-refractivity contribution >= 4 is 11.9 Å². The summed E-state index contributed by atoms with van der Waals surface area (Å²) in [6.07, 6.45) is -0.479. The molecule has 9 nitrogen and oxygen atoms in total. The fourth-order valence-corrected chi connectivity index (χ4v) is 3.73. The Bertz CT molecular complexity index is 703. The maximum atomic E-state index is 13.1.